The number of carbonyl (C=O) groups excluding carboxylic acids is 1. The van der Waals surface area contributed by atoms with E-state index in [1.807, 2.05) is 0 Å². The number of morpholine rings is 1. The van der Waals surface area contributed by atoms with Crippen molar-refractivity contribution in [2.45, 2.75) is 32.7 Å². The SMILES string of the molecule is CCC(C)NCCC(=O)NCCN1CCOCC1. The Balaban J connectivity index is 1.96. The van der Waals surface area contributed by atoms with Crippen molar-refractivity contribution >= 4 is 5.91 Å². The first-order chi connectivity index (χ1) is 8.72. The lowest BCUT2D eigenvalue weighted by molar-refractivity contribution is -0.121. The number of carbonyl (C=O) groups is 1. The van der Waals surface area contributed by atoms with Gasteiger partial charge in [-0.05, 0) is 13.3 Å². The molecular weight excluding hydrogens is 230 g/mol. The highest BCUT2D eigenvalue weighted by atomic mass is 16.5. The number of amides is 1. The second-order valence-corrected chi connectivity index (χ2v) is 4.82. The van der Waals surface area contributed by atoms with Crippen LogP contribution in [0.1, 0.15) is 26.7 Å². The number of nitrogens with zero attached hydrogens (tertiary/aromatic N) is 1. The van der Waals surface area contributed by atoms with Crippen molar-refractivity contribution in [3.8, 4) is 0 Å². The van der Waals surface area contributed by atoms with Crippen LogP contribution in [0.2, 0.25) is 0 Å². The Morgan fingerprint density at radius 1 is 1.33 bits per heavy atom. The highest BCUT2D eigenvalue weighted by molar-refractivity contribution is 5.76. The van der Waals surface area contributed by atoms with Crippen molar-refractivity contribution in [1.82, 2.24) is 15.5 Å². The van der Waals surface area contributed by atoms with Gasteiger partial charge in [-0.25, -0.2) is 0 Å². The molecule has 5 heteroatoms. The minimum Gasteiger partial charge on any atom is -0.379 e. The molecule has 1 heterocycles. The van der Waals surface area contributed by atoms with Gasteiger partial charge in [-0.1, -0.05) is 6.92 Å². The van der Waals surface area contributed by atoms with Crippen molar-refractivity contribution in [3.63, 3.8) is 0 Å². The van der Waals surface area contributed by atoms with E-state index < -0.39 is 0 Å². The summed E-state index contributed by atoms with van der Waals surface area (Å²) >= 11 is 0. The Labute approximate surface area is 110 Å². The third-order valence-corrected chi connectivity index (χ3v) is 3.31. The van der Waals surface area contributed by atoms with Crippen LogP contribution in [-0.4, -0.2) is 62.8 Å². The smallest absolute Gasteiger partial charge is 0.221 e. The quantitative estimate of drug-likeness (QED) is 0.653. The average molecular weight is 257 g/mol. The first-order valence-electron chi connectivity index (χ1n) is 7.02. The topological polar surface area (TPSA) is 53.6 Å². The minimum absolute atomic E-state index is 0.138. The van der Waals surface area contributed by atoms with Crippen molar-refractivity contribution in [2.75, 3.05) is 45.9 Å². The third-order valence-electron chi connectivity index (χ3n) is 3.31. The zero-order valence-electron chi connectivity index (χ0n) is 11.7. The van der Waals surface area contributed by atoms with Crippen LogP contribution in [0.3, 0.4) is 0 Å². The first-order valence-corrected chi connectivity index (χ1v) is 7.02. The molecule has 2 N–H and O–H groups in total. The molecule has 0 aromatic heterocycles. The van der Waals surface area contributed by atoms with Crippen LogP contribution in [0.5, 0.6) is 0 Å². The molecule has 1 aliphatic rings. The van der Waals surface area contributed by atoms with Crippen LogP contribution < -0.4 is 10.6 Å². The molecule has 0 spiro atoms. The predicted octanol–water partition coefficient (Wildman–Crippen LogP) is 0.213. The number of hydrogen-bond donors (Lipinski definition) is 2. The molecular formula is C13H27N3O2. The summed E-state index contributed by atoms with van der Waals surface area (Å²) < 4.78 is 5.28. The summed E-state index contributed by atoms with van der Waals surface area (Å²) in [6, 6.07) is 0.492. The molecule has 0 aliphatic carbocycles. The fourth-order valence-corrected chi connectivity index (χ4v) is 1.84. The average Bonchev–Trinajstić information content (AvgIpc) is 2.39. The Morgan fingerprint density at radius 2 is 2.06 bits per heavy atom. The maximum atomic E-state index is 11.6. The minimum atomic E-state index is 0.138. The van der Waals surface area contributed by atoms with E-state index in [1.165, 1.54) is 0 Å². The van der Waals surface area contributed by atoms with Crippen LogP contribution in [0, 0.1) is 0 Å². The maximum absolute atomic E-state index is 11.6. The van der Waals surface area contributed by atoms with Crippen molar-refractivity contribution < 1.29 is 9.53 Å². The maximum Gasteiger partial charge on any atom is 0.221 e. The van der Waals surface area contributed by atoms with Gasteiger partial charge in [0.25, 0.3) is 0 Å². The van der Waals surface area contributed by atoms with Gasteiger partial charge in [-0.3, -0.25) is 9.69 Å². The molecule has 0 radical (unpaired) electrons. The number of rotatable bonds is 8. The summed E-state index contributed by atoms with van der Waals surface area (Å²) in [5.41, 5.74) is 0. The molecule has 1 saturated heterocycles. The molecule has 0 bridgehead atoms. The van der Waals surface area contributed by atoms with Gasteiger partial charge in [0.2, 0.25) is 5.91 Å². The van der Waals surface area contributed by atoms with E-state index in [-0.39, 0.29) is 5.91 Å². The summed E-state index contributed by atoms with van der Waals surface area (Å²) in [5.74, 6) is 0.138. The normalized spacial score (nSPS) is 18.6. The van der Waals surface area contributed by atoms with E-state index in [9.17, 15) is 4.79 Å². The van der Waals surface area contributed by atoms with Gasteiger partial charge >= 0.3 is 0 Å². The third kappa shape index (κ3) is 6.93. The summed E-state index contributed by atoms with van der Waals surface area (Å²) in [7, 11) is 0. The summed E-state index contributed by atoms with van der Waals surface area (Å²) in [6.45, 7) is 10.3. The van der Waals surface area contributed by atoms with Crippen molar-refractivity contribution in [1.29, 1.82) is 0 Å². The van der Waals surface area contributed by atoms with E-state index in [0.29, 0.717) is 12.5 Å². The lowest BCUT2D eigenvalue weighted by atomic mass is 10.2. The summed E-state index contributed by atoms with van der Waals surface area (Å²) in [5, 5.41) is 6.28. The molecule has 18 heavy (non-hydrogen) atoms. The zero-order chi connectivity index (χ0) is 13.2. The lowest BCUT2D eigenvalue weighted by Gasteiger charge is -2.26. The second-order valence-electron chi connectivity index (χ2n) is 4.82. The molecule has 5 nitrogen and oxygen atoms in total. The molecule has 1 atom stereocenters. The monoisotopic (exact) mass is 257 g/mol. The van der Waals surface area contributed by atoms with Gasteiger partial charge in [-0.2, -0.15) is 0 Å². The molecule has 1 fully saturated rings. The standard InChI is InChI=1S/C13H27N3O2/c1-3-12(2)14-5-4-13(17)15-6-7-16-8-10-18-11-9-16/h12,14H,3-11H2,1-2H3,(H,15,17). The summed E-state index contributed by atoms with van der Waals surface area (Å²) in [6.07, 6.45) is 1.66. The van der Waals surface area contributed by atoms with Gasteiger partial charge < -0.3 is 15.4 Å². The Morgan fingerprint density at radius 3 is 2.72 bits per heavy atom. The lowest BCUT2D eigenvalue weighted by Crippen LogP contribution is -2.41. The van der Waals surface area contributed by atoms with E-state index >= 15 is 0 Å². The van der Waals surface area contributed by atoms with Crippen LogP contribution in [0.15, 0.2) is 0 Å². The fourth-order valence-electron chi connectivity index (χ4n) is 1.84. The highest BCUT2D eigenvalue weighted by Crippen LogP contribution is 1.94. The van der Waals surface area contributed by atoms with E-state index in [1.54, 1.807) is 0 Å². The van der Waals surface area contributed by atoms with Crippen LogP contribution >= 0.6 is 0 Å². The first kappa shape index (κ1) is 15.4. The molecule has 1 unspecified atom stereocenters. The van der Waals surface area contributed by atoms with Crippen molar-refractivity contribution in [2.24, 2.45) is 0 Å². The van der Waals surface area contributed by atoms with Gasteiger partial charge in [0.1, 0.15) is 0 Å². The molecule has 106 valence electrons. The van der Waals surface area contributed by atoms with Crippen LogP contribution in [0.4, 0.5) is 0 Å². The Hall–Kier alpha value is -0.650. The number of nitrogens with one attached hydrogen (secondary N) is 2. The molecule has 1 amide bonds. The fraction of sp³-hybridized carbons (Fsp3) is 0.923. The highest BCUT2D eigenvalue weighted by Gasteiger charge is 2.10. The molecule has 1 rings (SSSR count). The summed E-state index contributed by atoms with van der Waals surface area (Å²) in [4.78, 5) is 13.9. The zero-order valence-corrected chi connectivity index (χ0v) is 11.7. The van der Waals surface area contributed by atoms with Crippen molar-refractivity contribution in [3.05, 3.63) is 0 Å². The number of hydrogen-bond acceptors (Lipinski definition) is 4. The Kier molecular flexibility index (Phi) is 7.96. The molecule has 1 aliphatic heterocycles. The molecule has 0 saturated carbocycles. The van der Waals surface area contributed by atoms with Crippen LogP contribution in [0.25, 0.3) is 0 Å². The van der Waals surface area contributed by atoms with E-state index in [0.717, 1.165) is 52.4 Å². The second kappa shape index (κ2) is 9.30. The predicted molar refractivity (Wildman–Crippen MR) is 72.6 cm³/mol. The largest absolute Gasteiger partial charge is 0.379 e. The van der Waals surface area contributed by atoms with Gasteiger partial charge in [0.05, 0.1) is 13.2 Å². The Bertz CT molecular complexity index is 230. The van der Waals surface area contributed by atoms with Gasteiger partial charge in [0, 0.05) is 45.2 Å². The van der Waals surface area contributed by atoms with Gasteiger partial charge in [0.15, 0.2) is 0 Å². The van der Waals surface area contributed by atoms with E-state index in [2.05, 4.69) is 29.4 Å². The molecule has 0 aromatic carbocycles. The van der Waals surface area contributed by atoms with Crippen LogP contribution in [-0.2, 0) is 9.53 Å². The number of ether oxygens (including phenoxy) is 1. The van der Waals surface area contributed by atoms with Gasteiger partial charge in [-0.15, -0.1) is 0 Å². The van der Waals surface area contributed by atoms with E-state index in [4.69, 9.17) is 4.74 Å². The molecule has 0 aromatic rings.